The van der Waals surface area contributed by atoms with E-state index in [0.29, 0.717) is 0 Å². The summed E-state index contributed by atoms with van der Waals surface area (Å²) in [6, 6.07) is 0. The van der Waals surface area contributed by atoms with Gasteiger partial charge in [0.1, 0.15) is 16.3 Å². The summed E-state index contributed by atoms with van der Waals surface area (Å²) in [6.07, 6.45) is 0. The minimum absolute atomic E-state index is 0.0655. The Labute approximate surface area is 146 Å². The van der Waals surface area contributed by atoms with Crippen LogP contribution in [0.1, 0.15) is 11.5 Å². The molecular formula is C14H14F4N4O3S. The Morgan fingerprint density at radius 1 is 0.962 bits per heavy atom. The maximum Gasteiger partial charge on any atom is 0.253 e. The zero-order valence-electron chi connectivity index (χ0n) is 13.8. The highest BCUT2D eigenvalue weighted by Crippen LogP contribution is 2.29. The van der Waals surface area contributed by atoms with Gasteiger partial charge in [0.15, 0.2) is 5.76 Å². The van der Waals surface area contributed by atoms with Gasteiger partial charge in [0, 0.05) is 26.2 Å². The van der Waals surface area contributed by atoms with Gasteiger partial charge >= 0.3 is 0 Å². The molecule has 0 bridgehead atoms. The van der Waals surface area contributed by atoms with Gasteiger partial charge in [-0.25, -0.2) is 8.42 Å². The number of aromatic nitrogens is 2. The quantitative estimate of drug-likeness (QED) is 0.583. The molecule has 0 saturated carbocycles. The number of anilines is 1. The van der Waals surface area contributed by atoms with E-state index in [4.69, 9.17) is 4.52 Å². The third-order valence-electron chi connectivity index (χ3n) is 4.09. The van der Waals surface area contributed by atoms with E-state index in [1.165, 1.54) is 13.8 Å². The number of sulfonamides is 1. The van der Waals surface area contributed by atoms with Crippen molar-refractivity contribution in [2.45, 2.75) is 18.7 Å². The molecule has 0 atom stereocenters. The van der Waals surface area contributed by atoms with Crippen LogP contribution in [0.3, 0.4) is 0 Å². The van der Waals surface area contributed by atoms with Crippen molar-refractivity contribution in [1.82, 2.24) is 14.4 Å². The number of halogens is 4. The van der Waals surface area contributed by atoms with Crippen LogP contribution in [0.2, 0.25) is 0 Å². The van der Waals surface area contributed by atoms with Crippen LogP contribution >= 0.6 is 0 Å². The summed E-state index contributed by atoms with van der Waals surface area (Å²) in [4.78, 5) is 3.48. The van der Waals surface area contributed by atoms with Crippen LogP contribution in [0.4, 0.5) is 23.2 Å². The lowest BCUT2D eigenvalue weighted by atomic mass is 10.2. The minimum Gasteiger partial charge on any atom is -0.364 e. The fraction of sp³-hybridized carbons (Fsp3) is 0.429. The topological polar surface area (TPSA) is 79.5 Å². The molecule has 3 heterocycles. The van der Waals surface area contributed by atoms with Gasteiger partial charge in [0.05, 0.1) is 0 Å². The van der Waals surface area contributed by atoms with Crippen molar-refractivity contribution in [3.05, 3.63) is 35.0 Å². The van der Waals surface area contributed by atoms with Crippen molar-refractivity contribution in [2.75, 3.05) is 31.1 Å². The lowest BCUT2D eigenvalue weighted by molar-refractivity contribution is 0.367. The van der Waals surface area contributed by atoms with E-state index in [-0.39, 0.29) is 42.5 Å². The second kappa shape index (κ2) is 6.50. The first-order chi connectivity index (χ1) is 12.1. The second-order valence-corrected chi connectivity index (χ2v) is 7.59. The van der Waals surface area contributed by atoms with Crippen molar-refractivity contribution < 1.29 is 30.5 Å². The SMILES string of the molecule is Cc1noc(C)c1S(=O)(=O)N1CCN(c2c(F)c(F)nc(F)c2F)CC1. The summed E-state index contributed by atoms with van der Waals surface area (Å²) in [5.41, 5.74) is -0.704. The molecule has 7 nitrogen and oxygen atoms in total. The average molecular weight is 394 g/mol. The molecule has 1 aliphatic heterocycles. The Morgan fingerprint density at radius 3 is 1.96 bits per heavy atom. The summed E-state index contributed by atoms with van der Waals surface area (Å²) < 4.78 is 85.6. The van der Waals surface area contributed by atoms with Gasteiger partial charge in [-0.05, 0) is 13.8 Å². The highest BCUT2D eigenvalue weighted by Gasteiger charge is 2.35. The van der Waals surface area contributed by atoms with Crippen molar-refractivity contribution in [2.24, 2.45) is 0 Å². The van der Waals surface area contributed by atoms with Gasteiger partial charge in [0.2, 0.25) is 21.7 Å². The predicted molar refractivity (Wildman–Crippen MR) is 81.0 cm³/mol. The van der Waals surface area contributed by atoms with Crippen LogP contribution in [0.15, 0.2) is 9.42 Å². The lowest BCUT2D eigenvalue weighted by Crippen LogP contribution is -2.49. The van der Waals surface area contributed by atoms with Gasteiger partial charge in [0.25, 0.3) is 11.9 Å². The third-order valence-corrected chi connectivity index (χ3v) is 6.24. The number of rotatable bonds is 3. The van der Waals surface area contributed by atoms with Crippen LogP contribution in [-0.4, -0.2) is 49.0 Å². The van der Waals surface area contributed by atoms with Gasteiger partial charge < -0.3 is 9.42 Å². The van der Waals surface area contributed by atoms with E-state index in [2.05, 4.69) is 10.1 Å². The molecule has 142 valence electrons. The molecule has 1 aliphatic rings. The van der Waals surface area contributed by atoms with Crippen molar-refractivity contribution >= 4 is 15.7 Å². The number of hydrogen-bond donors (Lipinski definition) is 0. The molecule has 12 heteroatoms. The maximum atomic E-state index is 13.8. The van der Waals surface area contributed by atoms with E-state index in [9.17, 15) is 26.0 Å². The molecule has 2 aromatic rings. The normalized spacial score (nSPS) is 16.3. The van der Waals surface area contributed by atoms with E-state index in [0.717, 1.165) is 9.21 Å². The van der Waals surface area contributed by atoms with Crippen molar-refractivity contribution in [1.29, 1.82) is 0 Å². The summed E-state index contributed by atoms with van der Waals surface area (Å²) in [5, 5.41) is 3.60. The number of hydrogen-bond acceptors (Lipinski definition) is 6. The highest BCUT2D eigenvalue weighted by atomic mass is 32.2. The zero-order chi connectivity index (χ0) is 19.2. The fourth-order valence-corrected chi connectivity index (χ4v) is 4.59. The van der Waals surface area contributed by atoms with Crippen LogP contribution in [-0.2, 0) is 10.0 Å². The molecule has 0 radical (unpaired) electrons. The van der Waals surface area contributed by atoms with Crippen LogP contribution in [0.5, 0.6) is 0 Å². The molecule has 1 fully saturated rings. The Balaban J connectivity index is 1.85. The van der Waals surface area contributed by atoms with Gasteiger partial charge in [-0.15, -0.1) is 0 Å². The third kappa shape index (κ3) is 2.92. The highest BCUT2D eigenvalue weighted by molar-refractivity contribution is 7.89. The molecule has 2 aromatic heterocycles. The number of piperazine rings is 1. The molecule has 0 spiro atoms. The monoisotopic (exact) mass is 394 g/mol. The van der Waals surface area contributed by atoms with Crippen molar-refractivity contribution in [3.63, 3.8) is 0 Å². The molecule has 3 rings (SSSR count). The van der Waals surface area contributed by atoms with Gasteiger partial charge in [-0.1, -0.05) is 5.16 Å². The van der Waals surface area contributed by atoms with Crippen LogP contribution < -0.4 is 4.90 Å². The van der Waals surface area contributed by atoms with Crippen molar-refractivity contribution in [3.8, 4) is 0 Å². The van der Waals surface area contributed by atoms with Gasteiger partial charge in [-0.2, -0.15) is 26.9 Å². The number of nitrogens with zero attached hydrogens (tertiary/aromatic N) is 4. The van der Waals surface area contributed by atoms with E-state index in [1.54, 1.807) is 0 Å². The first-order valence-corrected chi connectivity index (χ1v) is 8.96. The minimum atomic E-state index is -3.92. The molecule has 0 unspecified atom stereocenters. The van der Waals surface area contributed by atoms with E-state index >= 15 is 0 Å². The zero-order valence-corrected chi connectivity index (χ0v) is 14.6. The van der Waals surface area contributed by atoms with Crippen LogP contribution in [0, 0.1) is 37.4 Å². The largest absolute Gasteiger partial charge is 0.364 e. The summed E-state index contributed by atoms with van der Waals surface area (Å²) >= 11 is 0. The molecule has 1 saturated heterocycles. The maximum absolute atomic E-state index is 13.8. The smallest absolute Gasteiger partial charge is 0.253 e. The van der Waals surface area contributed by atoms with Crippen LogP contribution in [0.25, 0.3) is 0 Å². The Bertz CT molecular complexity index is 910. The lowest BCUT2D eigenvalue weighted by Gasteiger charge is -2.35. The number of pyridine rings is 1. The van der Waals surface area contributed by atoms with Gasteiger partial charge in [-0.3, -0.25) is 0 Å². The molecular weight excluding hydrogens is 380 g/mol. The standard InChI is InChI=1S/C14H14F4N4O3S/c1-7-12(8(2)25-20-7)26(23,24)22-5-3-21(4-6-22)11-9(15)13(17)19-14(18)10(11)16/h3-6H2,1-2H3. The molecule has 0 aromatic carbocycles. The second-order valence-electron chi connectivity index (χ2n) is 5.71. The van der Waals surface area contributed by atoms with E-state index in [1.807, 2.05) is 0 Å². The van der Waals surface area contributed by atoms with E-state index < -0.39 is 39.2 Å². The number of aryl methyl sites for hydroxylation is 2. The Morgan fingerprint density at radius 2 is 1.50 bits per heavy atom. The fourth-order valence-electron chi connectivity index (χ4n) is 2.88. The molecule has 0 N–H and O–H groups in total. The Kier molecular flexibility index (Phi) is 4.65. The average Bonchev–Trinajstić information content (AvgIpc) is 2.93. The predicted octanol–water partition coefficient (Wildman–Crippen LogP) is 1.75. The molecule has 0 amide bonds. The summed E-state index contributed by atoms with van der Waals surface area (Å²) in [5.74, 6) is -6.63. The molecule has 0 aliphatic carbocycles. The first kappa shape index (κ1) is 18.6. The molecule has 26 heavy (non-hydrogen) atoms. The Hall–Kier alpha value is -2.21. The first-order valence-electron chi connectivity index (χ1n) is 7.52. The summed E-state index contributed by atoms with van der Waals surface area (Å²) in [7, 11) is -3.92. The summed E-state index contributed by atoms with van der Waals surface area (Å²) in [6.45, 7) is 2.32.